The van der Waals surface area contributed by atoms with Crippen LogP contribution in [-0.4, -0.2) is 38.5 Å². The van der Waals surface area contributed by atoms with Gasteiger partial charge in [0.15, 0.2) is 0 Å². The van der Waals surface area contributed by atoms with Crippen molar-refractivity contribution in [3.63, 3.8) is 0 Å². The number of ether oxygens (including phenoxy) is 3. The van der Waals surface area contributed by atoms with Gasteiger partial charge in [-0.1, -0.05) is 0 Å². The molecule has 0 fully saturated rings. The van der Waals surface area contributed by atoms with Gasteiger partial charge in [0.25, 0.3) is 0 Å². The van der Waals surface area contributed by atoms with Crippen molar-refractivity contribution in [2.24, 2.45) is 0 Å². The molecule has 0 spiro atoms. The zero-order valence-electron chi connectivity index (χ0n) is 9.52. The van der Waals surface area contributed by atoms with Crippen LogP contribution in [0.5, 0.6) is 0 Å². The second-order valence-electron chi connectivity index (χ2n) is 3.18. The Kier molecular flexibility index (Phi) is 6.67. The van der Waals surface area contributed by atoms with E-state index in [-0.39, 0.29) is 6.10 Å². The molecule has 3 atom stereocenters. The van der Waals surface area contributed by atoms with Gasteiger partial charge in [0.1, 0.15) is 12.2 Å². The summed E-state index contributed by atoms with van der Waals surface area (Å²) < 4.78 is 15.0. The molecule has 0 heterocycles. The fraction of sp³-hybridized carbons (Fsp3) is 0.800. The molecule has 0 radical (unpaired) electrons. The Hall–Kier alpha value is -1.12. The Labute approximate surface area is 89.9 Å². The van der Waals surface area contributed by atoms with Crippen LogP contribution in [0.3, 0.4) is 0 Å². The Morgan fingerprint density at radius 2 is 2.00 bits per heavy atom. The summed E-state index contributed by atoms with van der Waals surface area (Å²) in [5, 5.41) is 8.71. The summed E-state index contributed by atoms with van der Waals surface area (Å²) >= 11 is 0. The van der Waals surface area contributed by atoms with Crippen molar-refractivity contribution < 1.29 is 19.0 Å². The molecular formula is C10H17NO4. The van der Waals surface area contributed by atoms with E-state index < -0.39 is 18.2 Å². The highest BCUT2D eigenvalue weighted by atomic mass is 16.6. The summed E-state index contributed by atoms with van der Waals surface area (Å²) in [6.45, 7) is 3.10. The van der Waals surface area contributed by atoms with Crippen LogP contribution in [0.4, 0.5) is 0 Å². The van der Waals surface area contributed by atoms with Gasteiger partial charge in [0, 0.05) is 27.6 Å². The van der Waals surface area contributed by atoms with Crippen molar-refractivity contribution in [2.45, 2.75) is 38.6 Å². The zero-order valence-corrected chi connectivity index (χ0v) is 9.52. The standard InChI is InChI=1S/C10H17NO4/c1-7(13-3)10(15-8(2)12)5-9(6-11)14-4/h7,9-10H,5H2,1-4H3/t7-,9-,10+/m1/s1. The highest BCUT2D eigenvalue weighted by Gasteiger charge is 2.24. The highest BCUT2D eigenvalue weighted by Crippen LogP contribution is 2.12. The van der Waals surface area contributed by atoms with Crippen molar-refractivity contribution >= 4 is 5.97 Å². The smallest absolute Gasteiger partial charge is 0.302 e. The second-order valence-corrected chi connectivity index (χ2v) is 3.18. The molecule has 0 saturated heterocycles. The van der Waals surface area contributed by atoms with E-state index in [0.29, 0.717) is 6.42 Å². The average Bonchev–Trinajstić information content (AvgIpc) is 2.22. The van der Waals surface area contributed by atoms with Gasteiger partial charge < -0.3 is 14.2 Å². The van der Waals surface area contributed by atoms with E-state index >= 15 is 0 Å². The third kappa shape index (κ3) is 5.35. The van der Waals surface area contributed by atoms with E-state index in [0.717, 1.165) is 0 Å². The first-order valence-corrected chi connectivity index (χ1v) is 4.67. The minimum absolute atomic E-state index is 0.264. The third-order valence-corrected chi connectivity index (χ3v) is 2.09. The minimum atomic E-state index is -0.591. The fourth-order valence-electron chi connectivity index (χ4n) is 1.11. The molecule has 0 N–H and O–H groups in total. The maximum atomic E-state index is 10.8. The van der Waals surface area contributed by atoms with E-state index in [1.54, 1.807) is 6.92 Å². The van der Waals surface area contributed by atoms with Crippen LogP contribution in [-0.2, 0) is 19.0 Å². The first kappa shape index (κ1) is 13.9. The summed E-state index contributed by atoms with van der Waals surface area (Å²) in [4.78, 5) is 10.8. The molecule has 0 aromatic rings. The third-order valence-electron chi connectivity index (χ3n) is 2.09. The van der Waals surface area contributed by atoms with E-state index in [1.807, 2.05) is 6.07 Å². The van der Waals surface area contributed by atoms with Crippen LogP contribution in [0.2, 0.25) is 0 Å². The van der Waals surface area contributed by atoms with Crippen molar-refractivity contribution in [2.75, 3.05) is 14.2 Å². The van der Waals surface area contributed by atoms with Gasteiger partial charge >= 0.3 is 5.97 Å². The minimum Gasteiger partial charge on any atom is -0.460 e. The molecule has 15 heavy (non-hydrogen) atoms. The molecule has 0 aromatic carbocycles. The SMILES string of the molecule is CO[C@@H](C#N)C[C@H](OC(C)=O)[C@@H](C)OC. The van der Waals surface area contributed by atoms with E-state index in [2.05, 4.69) is 0 Å². The molecule has 5 nitrogen and oxygen atoms in total. The van der Waals surface area contributed by atoms with Crippen molar-refractivity contribution in [3.8, 4) is 6.07 Å². The molecule has 0 unspecified atom stereocenters. The van der Waals surface area contributed by atoms with Gasteiger partial charge in [-0.2, -0.15) is 5.26 Å². The zero-order chi connectivity index (χ0) is 11.8. The number of nitrogens with zero attached hydrogens (tertiary/aromatic N) is 1. The summed E-state index contributed by atoms with van der Waals surface area (Å²) in [6.07, 6.45) is -1.01. The molecule has 5 heteroatoms. The van der Waals surface area contributed by atoms with Crippen LogP contribution >= 0.6 is 0 Å². The number of rotatable bonds is 6. The van der Waals surface area contributed by atoms with Crippen LogP contribution in [0.25, 0.3) is 0 Å². The number of methoxy groups -OCH3 is 2. The van der Waals surface area contributed by atoms with Gasteiger partial charge in [-0.25, -0.2) is 0 Å². The molecule has 0 saturated carbocycles. The first-order chi connectivity index (χ1) is 7.04. The van der Waals surface area contributed by atoms with E-state index in [9.17, 15) is 4.79 Å². The van der Waals surface area contributed by atoms with Crippen LogP contribution in [0, 0.1) is 11.3 Å². The quantitative estimate of drug-likeness (QED) is 0.615. The molecule has 0 amide bonds. The number of carbonyl (C=O) groups is 1. The summed E-state index contributed by atoms with van der Waals surface area (Å²) in [6, 6.07) is 1.97. The number of carbonyl (C=O) groups excluding carboxylic acids is 1. The first-order valence-electron chi connectivity index (χ1n) is 4.67. The monoisotopic (exact) mass is 215 g/mol. The van der Waals surface area contributed by atoms with Crippen LogP contribution in [0.1, 0.15) is 20.3 Å². The largest absolute Gasteiger partial charge is 0.460 e. The molecule has 0 bridgehead atoms. The van der Waals surface area contributed by atoms with Crippen molar-refractivity contribution in [3.05, 3.63) is 0 Å². The molecular weight excluding hydrogens is 198 g/mol. The van der Waals surface area contributed by atoms with Crippen molar-refractivity contribution in [1.82, 2.24) is 0 Å². The number of hydrogen-bond donors (Lipinski definition) is 0. The molecule has 86 valence electrons. The summed E-state index contributed by atoms with van der Waals surface area (Å²) in [5.74, 6) is -0.392. The van der Waals surface area contributed by atoms with Gasteiger partial charge in [-0.05, 0) is 6.92 Å². The summed E-state index contributed by atoms with van der Waals surface area (Å²) in [7, 11) is 2.96. The number of nitriles is 1. The molecule has 0 aliphatic rings. The van der Waals surface area contributed by atoms with Crippen LogP contribution in [0.15, 0.2) is 0 Å². The van der Waals surface area contributed by atoms with Crippen molar-refractivity contribution in [1.29, 1.82) is 5.26 Å². The second kappa shape index (κ2) is 7.21. The predicted molar refractivity (Wildman–Crippen MR) is 53.1 cm³/mol. The molecule has 0 aromatic heterocycles. The van der Waals surface area contributed by atoms with Crippen LogP contribution < -0.4 is 0 Å². The lowest BCUT2D eigenvalue weighted by Gasteiger charge is -2.23. The Bertz CT molecular complexity index is 236. The summed E-state index contributed by atoms with van der Waals surface area (Å²) in [5.41, 5.74) is 0. The lowest BCUT2D eigenvalue weighted by molar-refractivity contribution is -0.154. The van der Waals surface area contributed by atoms with Gasteiger partial charge in [-0.15, -0.1) is 0 Å². The fourth-order valence-corrected chi connectivity index (χ4v) is 1.11. The predicted octanol–water partition coefficient (Wildman–Crippen LogP) is 0.882. The average molecular weight is 215 g/mol. The molecule has 0 rings (SSSR count). The normalized spacial score (nSPS) is 16.2. The van der Waals surface area contributed by atoms with Gasteiger partial charge in [0.2, 0.25) is 0 Å². The number of esters is 1. The molecule has 0 aliphatic heterocycles. The highest BCUT2D eigenvalue weighted by molar-refractivity contribution is 5.66. The van der Waals surface area contributed by atoms with E-state index in [4.69, 9.17) is 19.5 Å². The Morgan fingerprint density at radius 1 is 1.40 bits per heavy atom. The maximum absolute atomic E-state index is 10.8. The topological polar surface area (TPSA) is 68.5 Å². The van der Waals surface area contributed by atoms with E-state index in [1.165, 1.54) is 21.1 Å². The maximum Gasteiger partial charge on any atom is 0.302 e. The Morgan fingerprint density at radius 3 is 2.33 bits per heavy atom. The lowest BCUT2D eigenvalue weighted by atomic mass is 10.1. The van der Waals surface area contributed by atoms with Gasteiger partial charge in [0.05, 0.1) is 12.2 Å². The Balaban J connectivity index is 4.36. The number of hydrogen-bond acceptors (Lipinski definition) is 5. The lowest BCUT2D eigenvalue weighted by Crippen LogP contribution is -2.33. The van der Waals surface area contributed by atoms with Gasteiger partial charge in [-0.3, -0.25) is 4.79 Å². The molecule has 0 aliphatic carbocycles.